The quantitative estimate of drug-likeness (QED) is 0.761. The first kappa shape index (κ1) is 17.2. The first-order valence-corrected chi connectivity index (χ1v) is 9.54. The summed E-state index contributed by atoms with van der Waals surface area (Å²) in [5.41, 5.74) is 1.91. The van der Waals surface area contributed by atoms with Gasteiger partial charge in [-0.1, -0.05) is 27.7 Å². The number of rotatable bonds is 5. The molecule has 0 radical (unpaired) electrons. The molecular weight excluding hydrogens is 297 g/mol. The van der Waals surface area contributed by atoms with Crippen molar-refractivity contribution < 1.29 is 9.09 Å². The Labute approximate surface area is 133 Å². The van der Waals surface area contributed by atoms with Gasteiger partial charge in [0.25, 0.3) is 0 Å². The third kappa shape index (κ3) is 3.26. The van der Waals surface area contributed by atoms with Crippen molar-refractivity contribution >= 4 is 19.2 Å². The fourth-order valence-corrected chi connectivity index (χ4v) is 3.42. The van der Waals surface area contributed by atoms with E-state index in [9.17, 15) is 4.57 Å². The van der Waals surface area contributed by atoms with E-state index < -0.39 is 13.8 Å². The summed E-state index contributed by atoms with van der Waals surface area (Å²) in [5, 5.41) is 0. The van der Waals surface area contributed by atoms with Crippen LogP contribution in [-0.4, -0.2) is 21.2 Å². The van der Waals surface area contributed by atoms with Gasteiger partial charge in [-0.25, -0.2) is 9.97 Å². The zero-order valence-corrected chi connectivity index (χ0v) is 15.5. The number of pyridine rings is 1. The zero-order chi connectivity index (χ0) is 16.7. The Bertz CT molecular complexity index is 705. The van der Waals surface area contributed by atoms with E-state index in [0.717, 1.165) is 22.7 Å². The standard InChI is InChI=1S/C16H26N3O2P/c1-10(2)12-8-9-13-15(17-12)19(14(18-13)11(3)4)16(5,6)21-22(7)20/h8-11,22H,1-7H3. The van der Waals surface area contributed by atoms with Gasteiger partial charge in [0.1, 0.15) is 17.1 Å². The number of fused-ring (bicyclic) bond motifs is 1. The number of hydrogen-bond acceptors (Lipinski definition) is 4. The normalized spacial score (nSPS) is 14.2. The summed E-state index contributed by atoms with van der Waals surface area (Å²) < 4.78 is 19.4. The molecule has 122 valence electrons. The Morgan fingerprint density at radius 1 is 1.14 bits per heavy atom. The summed E-state index contributed by atoms with van der Waals surface area (Å²) in [7, 11) is -2.08. The van der Waals surface area contributed by atoms with E-state index in [1.54, 1.807) is 6.66 Å². The van der Waals surface area contributed by atoms with E-state index in [1.165, 1.54) is 0 Å². The molecule has 0 aliphatic carbocycles. The van der Waals surface area contributed by atoms with Crippen molar-refractivity contribution in [2.45, 2.75) is 59.1 Å². The van der Waals surface area contributed by atoms with Crippen LogP contribution in [-0.2, 0) is 14.8 Å². The second-order valence-electron chi connectivity index (χ2n) is 6.73. The summed E-state index contributed by atoms with van der Waals surface area (Å²) in [5.74, 6) is 1.46. The van der Waals surface area contributed by atoms with E-state index in [0.29, 0.717) is 5.92 Å². The van der Waals surface area contributed by atoms with Crippen molar-refractivity contribution in [3.8, 4) is 0 Å². The minimum Gasteiger partial charge on any atom is -0.303 e. The van der Waals surface area contributed by atoms with Crippen LogP contribution in [0.15, 0.2) is 12.1 Å². The summed E-state index contributed by atoms with van der Waals surface area (Å²) in [6.45, 7) is 13.8. The van der Waals surface area contributed by atoms with Gasteiger partial charge >= 0.3 is 0 Å². The number of hydrogen-bond donors (Lipinski definition) is 0. The minimum absolute atomic E-state index is 0.221. The van der Waals surface area contributed by atoms with Crippen LogP contribution in [0.25, 0.3) is 11.2 Å². The van der Waals surface area contributed by atoms with Crippen LogP contribution < -0.4 is 0 Å². The lowest BCUT2D eigenvalue weighted by molar-refractivity contribution is 0.0412. The molecule has 5 nitrogen and oxygen atoms in total. The minimum atomic E-state index is -2.08. The highest BCUT2D eigenvalue weighted by molar-refractivity contribution is 7.38. The fraction of sp³-hybridized carbons (Fsp3) is 0.625. The second kappa shape index (κ2) is 6.13. The molecule has 2 aromatic rings. The predicted molar refractivity (Wildman–Crippen MR) is 91.0 cm³/mol. The molecule has 0 N–H and O–H groups in total. The molecule has 2 rings (SSSR count). The Balaban J connectivity index is 2.74. The summed E-state index contributed by atoms with van der Waals surface area (Å²) in [6, 6.07) is 4.02. The van der Waals surface area contributed by atoms with E-state index in [2.05, 4.69) is 27.7 Å². The molecule has 0 amide bonds. The maximum absolute atomic E-state index is 11.7. The lowest BCUT2D eigenvalue weighted by Gasteiger charge is -2.29. The molecule has 6 heteroatoms. The van der Waals surface area contributed by atoms with Crippen molar-refractivity contribution in [2.24, 2.45) is 0 Å². The average molecular weight is 323 g/mol. The van der Waals surface area contributed by atoms with Gasteiger partial charge in [0.2, 0.25) is 0 Å². The third-order valence-corrected chi connectivity index (χ3v) is 4.38. The third-order valence-electron chi connectivity index (χ3n) is 3.59. The molecule has 1 atom stereocenters. The molecule has 0 saturated heterocycles. The van der Waals surface area contributed by atoms with Crippen molar-refractivity contribution in [1.29, 1.82) is 0 Å². The highest BCUT2D eigenvalue weighted by Gasteiger charge is 2.30. The van der Waals surface area contributed by atoms with Gasteiger partial charge in [-0.15, -0.1) is 0 Å². The lowest BCUT2D eigenvalue weighted by Crippen LogP contribution is -2.30. The predicted octanol–water partition coefficient (Wildman–Crippen LogP) is 4.49. The topological polar surface area (TPSA) is 57.0 Å². The molecule has 0 fully saturated rings. The van der Waals surface area contributed by atoms with E-state index in [-0.39, 0.29) is 5.92 Å². The molecule has 0 aliphatic heterocycles. The largest absolute Gasteiger partial charge is 0.303 e. The number of nitrogens with zero attached hydrogens (tertiary/aromatic N) is 3. The smallest absolute Gasteiger partial charge is 0.190 e. The van der Waals surface area contributed by atoms with Crippen molar-refractivity contribution in [2.75, 3.05) is 6.66 Å². The maximum atomic E-state index is 11.7. The van der Waals surface area contributed by atoms with Crippen LogP contribution >= 0.6 is 8.03 Å². The Kier molecular flexibility index (Phi) is 4.78. The van der Waals surface area contributed by atoms with Gasteiger partial charge in [-0.2, -0.15) is 0 Å². The van der Waals surface area contributed by atoms with Crippen molar-refractivity contribution in [3.63, 3.8) is 0 Å². The van der Waals surface area contributed by atoms with Gasteiger partial charge in [-0.05, 0) is 31.9 Å². The van der Waals surface area contributed by atoms with Gasteiger partial charge in [0, 0.05) is 18.3 Å². The SMILES string of the molecule is CC(C)c1ccc2nc(C(C)C)n(C(C)(C)O[PH](C)=O)c2n1. The summed E-state index contributed by atoms with van der Waals surface area (Å²) in [4.78, 5) is 9.50. The molecular formula is C16H26N3O2P. The second-order valence-corrected chi connectivity index (χ2v) is 7.92. The van der Waals surface area contributed by atoms with Crippen molar-refractivity contribution in [1.82, 2.24) is 14.5 Å². The average Bonchev–Trinajstić information content (AvgIpc) is 2.76. The lowest BCUT2D eigenvalue weighted by atomic mass is 10.1. The number of aromatic nitrogens is 3. The Morgan fingerprint density at radius 2 is 1.77 bits per heavy atom. The Hall–Kier alpha value is -1.19. The summed E-state index contributed by atoms with van der Waals surface area (Å²) in [6.07, 6.45) is 0. The fourth-order valence-electron chi connectivity index (χ4n) is 2.63. The maximum Gasteiger partial charge on any atom is 0.190 e. The molecule has 0 aliphatic rings. The van der Waals surface area contributed by atoms with Gasteiger partial charge < -0.3 is 4.52 Å². The number of imidazole rings is 1. The molecule has 2 heterocycles. The van der Waals surface area contributed by atoms with Crippen LogP contribution in [0.5, 0.6) is 0 Å². The monoisotopic (exact) mass is 323 g/mol. The van der Waals surface area contributed by atoms with Crippen LogP contribution in [0.1, 0.15) is 64.9 Å². The molecule has 0 aromatic carbocycles. The van der Waals surface area contributed by atoms with Gasteiger partial charge in [-0.3, -0.25) is 9.13 Å². The highest BCUT2D eigenvalue weighted by Crippen LogP contribution is 2.35. The first-order chi connectivity index (χ1) is 10.1. The first-order valence-electron chi connectivity index (χ1n) is 7.73. The van der Waals surface area contributed by atoms with Crippen LogP contribution in [0.4, 0.5) is 0 Å². The van der Waals surface area contributed by atoms with Gasteiger partial charge in [0.15, 0.2) is 13.7 Å². The Morgan fingerprint density at radius 3 is 2.27 bits per heavy atom. The van der Waals surface area contributed by atoms with E-state index in [4.69, 9.17) is 14.5 Å². The van der Waals surface area contributed by atoms with Crippen molar-refractivity contribution in [3.05, 3.63) is 23.7 Å². The van der Waals surface area contributed by atoms with E-state index in [1.807, 2.05) is 30.5 Å². The molecule has 22 heavy (non-hydrogen) atoms. The highest BCUT2D eigenvalue weighted by atomic mass is 31.1. The zero-order valence-electron chi connectivity index (χ0n) is 14.5. The molecule has 2 aromatic heterocycles. The van der Waals surface area contributed by atoms with Crippen LogP contribution in [0.3, 0.4) is 0 Å². The van der Waals surface area contributed by atoms with Crippen LogP contribution in [0.2, 0.25) is 0 Å². The molecule has 0 saturated carbocycles. The van der Waals surface area contributed by atoms with Crippen LogP contribution in [0, 0.1) is 0 Å². The molecule has 0 bridgehead atoms. The molecule has 0 spiro atoms. The molecule has 1 unspecified atom stereocenters. The van der Waals surface area contributed by atoms with E-state index >= 15 is 0 Å². The summed E-state index contributed by atoms with van der Waals surface area (Å²) >= 11 is 0. The van der Waals surface area contributed by atoms with Gasteiger partial charge in [0.05, 0.1) is 0 Å².